The van der Waals surface area contributed by atoms with Crippen molar-refractivity contribution in [1.82, 2.24) is 15.5 Å². The fourth-order valence-corrected chi connectivity index (χ4v) is 3.34. The molecule has 1 atom stereocenters. The first-order chi connectivity index (χ1) is 10.2. The number of carbonyl (C=O) groups is 1. The third-order valence-corrected chi connectivity index (χ3v) is 4.77. The highest BCUT2D eigenvalue weighted by atomic mass is 32.2. The normalized spacial score (nSPS) is 11.9. The van der Waals surface area contributed by atoms with Crippen LogP contribution in [0.3, 0.4) is 0 Å². The second-order valence-electron chi connectivity index (χ2n) is 4.35. The molecule has 1 heterocycles. The van der Waals surface area contributed by atoms with Crippen molar-refractivity contribution in [2.45, 2.75) is 22.9 Å². The van der Waals surface area contributed by atoms with Gasteiger partial charge in [0.05, 0.1) is 12.4 Å². The van der Waals surface area contributed by atoms with Crippen LogP contribution in [-0.4, -0.2) is 35.0 Å². The van der Waals surface area contributed by atoms with Gasteiger partial charge in [0.15, 0.2) is 4.34 Å². The molecule has 1 aromatic heterocycles. The van der Waals surface area contributed by atoms with E-state index in [9.17, 15) is 4.79 Å². The van der Waals surface area contributed by atoms with E-state index in [1.165, 1.54) is 28.7 Å². The van der Waals surface area contributed by atoms with E-state index in [0.29, 0.717) is 6.54 Å². The topological polar surface area (TPSA) is 64.1 Å². The van der Waals surface area contributed by atoms with Crippen LogP contribution in [0.1, 0.15) is 12.5 Å². The van der Waals surface area contributed by atoms with Crippen LogP contribution in [0.15, 0.2) is 34.1 Å². The number of ether oxygens (including phenoxy) is 1. The molecule has 0 aliphatic heterocycles. The minimum absolute atomic E-state index is 0.0173. The highest BCUT2D eigenvalue weighted by Crippen LogP contribution is 2.23. The van der Waals surface area contributed by atoms with Crippen molar-refractivity contribution in [3.05, 3.63) is 35.3 Å². The number of hydrogen-bond acceptors (Lipinski definition) is 6. The van der Waals surface area contributed by atoms with Gasteiger partial charge in [-0.25, -0.2) is 0 Å². The van der Waals surface area contributed by atoms with Crippen LogP contribution in [0.4, 0.5) is 0 Å². The summed E-state index contributed by atoms with van der Waals surface area (Å²) in [7, 11) is 1.65. The standard InChI is InChI=1S/C14H17N3O2S2/c1-10(21-14-17-16-9-20-14)13(18)15-8-7-11-3-5-12(19-2)6-4-11/h3-6,9-10H,7-8H2,1-2H3,(H,15,18)/t10-/m1/s1. The Balaban J connectivity index is 1.73. The van der Waals surface area contributed by atoms with E-state index in [2.05, 4.69) is 15.5 Å². The molecule has 2 aromatic rings. The number of nitrogens with one attached hydrogen (secondary N) is 1. The van der Waals surface area contributed by atoms with Gasteiger partial charge >= 0.3 is 0 Å². The fourth-order valence-electron chi connectivity index (χ4n) is 1.68. The van der Waals surface area contributed by atoms with Crippen LogP contribution in [0, 0.1) is 0 Å². The lowest BCUT2D eigenvalue weighted by atomic mass is 10.1. The van der Waals surface area contributed by atoms with Crippen molar-refractivity contribution in [3.63, 3.8) is 0 Å². The summed E-state index contributed by atoms with van der Waals surface area (Å²) in [4.78, 5) is 12.0. The van der Waals surface area contributed by atoms with Crippen LogP contribution < -0.4 is 10.1 Å². The molecule has 7 heteroatoms. The van der Waals surface area contributed by atoms with Gasteiger partial charge in [-0.3, -0.25) is 4.79 Å². The summed E-state index contributed by atoms with van der Waals surface area (Å²) in [6, 6.07) is 7.85. The first-order valence-electron chi connectivity index (χ1n) is 6.52. The minimum atomic E-state index is -0.172. The number of thioether (sulfide) groups is 1. The highest BCUT2D eigenvalue weighted by Gasteiger charge is 2.15. The number of benzene rings is 1. The van der Waals surface area contributed by atoms with Gasteiger partial charge < -0.3 is 10.1 Å². The molecule has 0 radical (unpaired) electrons. The van der Waals surface area contributed by atoms with Crippen LogP contribution >= 0.6 is 23.1 Å². The predicted molar refractivity (Wildman–Crippen MR) is 84.9 cm³/mol. The zero-order valence-electron chi connectivity index (χ0n) is 11.9. The third kappa shape index (κ3) is 5.02. The van der Waals surface area contributed by atoms with Gasteiger partial charge in [-0.2, -0.15) is 0 Å². The van der Waals surface area contributed by atoms with Gasteiger partial charge in [0, 0.05) is 6.54 Å². The average molecular weight is 323 g/mol. The lowest BCUT2D eigenvalue weighted by Gasteiger charge is -2.10. The van der Waals surface area contributed by atoms with E-state index < -0.39 is 0 Å². The predicted octanol–water partition coefficient (Wildman–Crippen LogP) is 2.39. The molecule has 1 N–H and O–H groups in total. The molecule has 0 saturated carbocycles. The quantitative estimate of drug-likeness (QED) is 0.793. The number of nitrogens with zero attached hydrogens (tertiary/aromatic N) is 2. The number of carbonyl (C=O) groups excluding carboxylic acids is 1. The molecule has 0 aliphatic carbocycles. The summed E-state index contributed by atoms with van der Waals surface area (Å²) >= 11 is 2.87. The number of hydrogen-bond donors (Lipinski definition) is 1. The van der Waals surface area contributed by atoms with E-state index in [4.69, 9.17) is 4.74 Å². The zero-order chi connectivity index (χ0) is 15.1. The van der Waals surface area contributed by atoms with Crippen molar-refractivity contribution < 1.29 is 9.53 Å². The van der Waals surface area contributed by atoms with E-state index >= 15 is 0 Å². The van der Waals surface area contributed by atoms with Crippen molar-refractivity contribution in [1.29, 1.82) is 0 Å². The van der Waals surface area contributed by atoms with Crippen molar-refractivity contribution in [2.75, 3.05) is 13.7 Å². The number of rotatable bonds is 7. The average Bonchev–Trinajstić information content (AvgIpc) is 3.00. The summed E-state index contributed by atoms with van der Waals surface area (Å²) in [5, 5.41) is 10.4. The molecule has 1 amide bonds. The Hall–Kier alpha value is -1.60. The smallest absolute Gasteiger partial charge is 0.233 e. The summed E-state index contributed by atoms with van der Waals surface area (Å²) in [6.45, 7) is 2.49. The monoisotopic (exact) mass is 323 g/mol. The van der Waals surface area contributed by atoms with Crippen LogP contribution in [-0.2, 0) is 11.2 Å². The Morgan fingerprint density at radius 1 is 1.43 bits per heavy atom. The lowest BCUT2D eigenvalue weighted by molar-refractivity contribution is -0.120. The molecule has 0 aliphatic rings. The molecule has 2 rings (SSSR count). The van der Waals surface area contributed by atoms with Crippen molar-refractivity contribution in [2.24, 2.45) is 0 Å². The first kappa shape index (κ1) is 15.8. The maximum atomic E-state index is 12.0. The molecule has 112 valence electrons. The Morgan fingerprint density at radius 3 is 2.81 bits per heavy atom. The molecule has 5 nitrogen and oxygen atoms in total. The second-order valence-corrected chi connectivity index (χ2v) is 6.77. The Bertz CT molecular complexity index is 558. The summed E-state index contributed by atoms with van der Waals surface area (Å²) in [6.07, 6.45) is 0.798. The van der Waals surface area contributed by atoms with Gasteiger partial charge in [0.25, 0.3) is 0 Å². The third-order valence-electron chi connectivity index (χ3n) is 2.86. The second kappa shape index (κ2) is 7.99. The lowest BCUT2D eigenvalue weighted by Crippen LogP contribution is -2.32. The summed E-state index contributed by atoms with van der Waals surface area (Å²) < 4.78 is 5.92. The minimum Gasteiger partial charge on any atom is -0.497 e. The van der Waals surface area contributed by atoms with E-state index in [-0.39, 0.29) is 11.2 Å². The number of methoxy groups -OCH3 is 1. The van der Waals surface area contributed by atoms with Crippen LogP contribution in [0.2, 0.25) is 0 Å². The van der Waals surface area contributed by atoms with Crippen molar-refractivity contribution >= 4 is 29.0 Å². The molecule has 0 spiro atoms. The van der Waals surface area contributed by atoms with E-state index in [1.807, 2.05) is 31.2 Å². The largest absolute Gasteiger partial charge is 0.497 e. The Labute approximate surface area is 132 Å². The Kier molecular flexibility index (Phi) is 6.01. The fraction of sp³-hybridized carbons (Fsp3) is 0.357. The molecule has 21 heavy (non-hydrogen) atoms. The van der Waals surface area contributed by atoms with E-state index in [0.717, 1.165) is 16.5 Å². The maximum absolute atomic E-state index is 12.0. The first-order valence-corrected chi connectivity index (χ1v) is 8.28. The van der Waals surface area contributed by atoms with Gasteiger partial charge in [-0.1, -0.05) is 35.2 Å². The van der Waals surface area contributed by atoms with Gasteiger partial charge in [0.2, 0.25) is 5.91 Å². The molecule has 0 saturated heterocycles. The van der Waals surface area contributed by atoms with Gasteiger partial charge in [0.1, 0.15) is 11.3 Å². The number of amides is 1. The van der Waals surface area contributed by atoms with Crippen LogP contribution in [0.25, 0.3) is 0 Å². The molecule has 0 bridgehead atoms. The number of aromatic nitrogens is 2. The maximum Gasteiger partial charge on any atom is 0.233 e. The molecule has 0 fully saturated rings. The van der Waals surface area contributed by atoms with Crippen LogP contribution in [0.5, 0.6) is 5.75 Å². The summed E-state index contributed by atoms with van der Waals surface area (Å²) in [5.74, 6) is 0.855. The molecule has 1 aromatic carbocycles. The highest BCUT2D eigenvalue weighted by molar-refractivity contribution is 8.02. The van der Waals surface area contributed by atoms with Crippen molar-refractivity contribution in [3.8, 4) is 5.75 Å². The molecule has 0 unspecified atom stereocenters. The van der Waals surface area contributed by atoms with Gasteiger partial charge in [-0.05, 0) is 31.0 Å². The SMILES string of the molecule is COc1ccc(CCNC(=O)[C@@H](C)Sc2nncs2)cc1. The van der Waals surface area contributed by atoms with Gasteiger partial charge in [-0.15, -0.1) is 10.2 Å². The Morgan fingerprint density at radius 2 is 2.19 bits per heavy atom. The zero-order valence-corrected chi connectivity index (χ0v) is 13.5. The molecular formula is C14H17N3O2S2. The summed E-state index contributed by atoms with van der Waals surface area (Å²) in [5.41, 5.74) is 2.83. The van der Waals surface area contributed by atoms with E-state index in [1.54, 1.807) is 12.6 Å². The molecular weight excluding hydrogens is 306 g/mol.